The molecule has 0 saturated carbocycles. The minimum Gasteiger partial charge on any atom is -0.339 e. The Morgan fingerprint density at radius 1 is 1.00 bits per heavy atom. The van der Waals surface area contributed by atoms with E-state index < -0.39 is 0 Å². The SMILES string of the molecule is CNC1CCN(C(=O)c2ccccc2C(=O)c2ccc(Cl)c(Cl)c2)CC1. The number of carbonyl (C=O) groups is 2. The van der Waals surface area contributed by atoms with Gasteiger partial charge in [0.2, 0.25) is 0 Å². The highest BCUT2D eigenvalue weighted by Gasteiger charge is 2.26. The molecule has 6 heteroatoms. The minimum atomic E-state index is -0.238. The molecule has 2 aromatic carbocycles. The van der Waals surface area contributed by atoms with Crippen LogP contribution in [0.4, 0.5) is 0 Å². The van der Waals surface area contributed by atoms with Gasteiger partial charge in [-0.1, -0.05) is 41.4 Å². The maximum Gasteiger partial charge on any atom is 0.254 e. The van der Waals surface area contributed by atoms with E-state index in [0.717, 1.165) is 12.8 Å². The first-order valence-corrected chi connectivity index (χ1v) is 9.32. The topological polar surface area (TPSA) is 49.4 Å². The Balaban J connectivity index is 1.87. The molecule has 0 bridgehead atoms. The molecule has 1 amide bonds. The number of amides is 1. The van der Waals surface area contributed by atoms with Crippen LogP contribution in [-0.2, 0) is 0 Å². The molecule has 26 heavy (non-hydrogen) atoms. The molecular formula is C20H20Cl2N2O2. The number of nitrogens with one attached hydrogen (secondary N) is 1. The van der Waals surface area contributed by atoms with Crippen LogP contribution in [0.2, 0.25) is 10.0 Å². The first-order chi connectivity index (χ1) is 12.5. The number of ketones is 1. The molecule has 1 aliphatic rings. The van der Waals surface area contributed by atoms with Gasteiger partial charge < -0.3 is 10.2 Å². The lowest BCUT2D eigenvalue weighted by Crippen LogP contribution is -2.44. The summed E-state index contributed by atoms with van der Waals surface area (Å²) >= 11 is 12.0. The molecule has 1 N–H and O–H groups in total. The molecule has 0 spiro atoms. The third-order valence-corrected chi connectivity index (χ3v) is 5.51. The van der Waals surface area contributed by atoms with E-state index in [1.807, 2.05) is 11.9 Å². The summed E-state index contributed by atoms with van der Waals surface area (Å²) in [6.07, 6.45) is 1.82. The number of nitrogens with zero attached hydrogens (tertiary/aromatic N) is 1. The van der Waals surface area contributed by atoms with Crippen LogP contribution in [0.1, 0.15) is 39.1 Å². The van der Waals surface area contributed by atoms with Crippen molar-refractivity contribution in [1.82, 2.24) is 10.2 Å². The average Bonchev–Trinajstić information content (AvgIpc) is 2.69. The maximum absolute atomic E-state index is 13.0. The summed E-state index contributed by atoms with van der Waals surface area (Å²) in [6, 6.07) is 12.1. The maximum atomic E-state index is 13.0. The van der Waals surface area contributed by atoms with Gasteiger partial charge >= 0.3 is 0 Å². The number of benzene rings is 2. The summed E-state index contributed by atoms with van der Waals surface area (Å²) in [5, 5.41) is 3.95. The van der Waals surface area contributed by atoms with Crippen molar-refractivity contribution in [2.24, 2.45) is 0 Å². The number of rotatable bonds is 4. The summed E-state index contributed by atoms with van der Waals surface area (Å²) in [5.41, 5.74) is 1.21. The zero-order valence-corrected chi connectivity index (χ0v) is 16.0. The Bertz CT molecular complexity index is 830. The van der Waals surface area contributed by atoms with Crippen molar-refractivity contribution >= 4 is 34.9 Å². The Morgan fingerprint density at radius 3 is 2.27 bits per heavy atom. The summed E-state index contributed by atoms with van der Waals surface area (Å²) in [6.45, 7) is 1.36. The van der Waals surface area contributed by atoms with Crippen molar-refractivity contribution in [2.45, 2.75) is 18.9 Å². The number of piperidine rings is 1. The van der Waals surface area contributed by atoms with Crippen LogP contribution in [0.5, 0.6) is 0 Å². The van der Waals surface area contributed by atoms with Crippen LogP contribution in [0, 0.1) is 0 Å². The van der Waals surface area contributed by atoms with Crippen LogP contribution < -0.4 is 5.32 Å². The van der Waals surface area contributed by atoms with Crippen molar-refractivity contribution in [1.29, 1.82) is 0 Å². The van der Waals surface area contributed by atoms with Crippen LogP contribution in [0.15, 0.2) is 42.5 Å². The molecule has 0 unspecified atom stereocenters. The van der Waals surface area contributed by atoms with Crippen molar-refractivity contribution in [3.05, 3.63) is 69.2 Å². The second kappa shape index (κ2) is 8.21. The summed E-state index contributed by atoms with van der Waals surface area (Å²) in [5.74, 6) is -0.346. The number of carbonyl (C=O) groups excluding carboxylic acids is 2. The van der Waals surface area contributed by atoms with Crippen LogP contribution in [-0.4, -0.2) is 42.8 Å². The van der Waals surface area contributed by atoms with Crippen molar-refractivity contribution in [3.63, 3.8) is 0 Å². The van der Waals surface area contributed by atoms with E-state index in [4.69, 9.17) is 23.2 Å². The fraction of sp³-hybridized carbons (Fsp3) is 0.300. The molecule has 0 aliphatic carbocycles. The number of halogens is 2. The quantitative estimate of drug-likeness (QED) is 0.801. The molecule has 0 atom stereocenters. The normalized spacial score (nSPS) is 15.1. The van der Waals surface area contributed by atoms with Gasteiger partial charge in [0.1, 0.15) is 0 Å². The van der Waals surface area contributed by atoms with Crippen molar-refractivity contribution < 1.29 is 9.59 Å². The largest absolute Gasteiger partial charge is 0.339 e. The smallest absolute Gasteiger partial charge is 0.254 e. The molecule has 1 fully saturated rings. The monoisotopic (exact) mass is 390 g/mol. The Labute approximate surface area is 163 Å². The van der Waals surface area contributed by atoms with Gasteiger partial charge in [0.05, 0.1) is 15.6 Å². The lowest BCUT2D eigenvalue weighted by Gasteiger charge is -2.32. The highest BCUT2D eigenvalue weighted by atomic mass is 35.5. The third kappa shape index (κ3) is 3.93. The first-order valence-electron chi connectivity index (χ1n) is 8.56. The standard InChI is InChI=1S/C20H20Cl2N2O2/c1-23-14-8-10-24(11-9-14)20(26)16-5-3-2-4-15(16)19(25)13-6-7-17(21)18(22)12-13/h2-7,12,14,23H,8-11H2,1H3. The highest BCUT2D eigenvalue weighted by molar-refractivity contribution is 6.42. The molecular weight excluding hydrogens is 371 g/mol. The average molecular weight is 391 g/mol. The van der Waals surface area contributed by atoms with Crippen LogP contribution in [0.3, 0.4) is 0 Å². The Morgan fingerprint density at radius 2 is 1.65 bits per heavy atom. The predicted octanol–water partition coefficient (Wildman–Crippen LogP) is 4.05. The zero-order valence-electron chi connectivity index (χ0n) is 14.5. The fourth-order valence-corrected chi connectivity index (χ4v) is 3.50. The van der Waals surface area contributed by atoms with Gasteiger partial charge in [-0.05, 0) is 44.2 Å². The molecule has 1 heterocycles. The van der Waals surface area contributed by atoms with Gasteiger partial charge in [-0.15, -0.1) is 0 Å². The highest BCUT2D eigenvalue weighted by Crippen LogP contribution is 2.25. The lowest BCUT2D eigenvalue weighted by atomic mass is 9.96. The molecule has 136 valence electrons. The molecule has 3 rings (SSSR count). The summed E-state index contributed by atoms with van der Waals surface area (Å²) < 4.78 is 0. The van der Waals surface area contributed by atoms with E-state index in [9.17, 15) is 9.59 Å². The minimum absolute atomic E-state index is 0.108. The lowest BCUT2D eigenvalue weighted by molar-refractivity contribution is 0.0703. The van der Waals surface area contributed by atoms with Gasteiger partial charge in [0.25, 0.3) is 5.91 Å². The van der Waals surface area contributed by atoms with Crippen molar-refractivity contribution in [3.8, 4) is 0 Å². The third-order valence-electron chi connectivity index (χ3n) is 4.77. The molecule has 2 aromatic rings. The molecule has 1 aliphatic heterocycles. The predicted molar refractivity (Wildman–Crippen MR) is 104 cm³/mol. The first kappa shape index (κ1) is 18.9. The zero-order chi connectivity index (χ0) is 18.7. The van der Waals surface area contributed by atoms with Crippen molar-refractivity contribution in [2.75, 3.05) is 20.1 Å². The van der Waals surface area contributed by atoms with Crippen LogP contribution >= 0.6 is 23.2 Å². The van der Waals surface area contributed by atoms with E-state index in [1.165, 1.54) is 6.07 Å². The van der Waals surface area contributed by atoms with Gasteiger partial charge in [-0.25, -0.2) is 0 Å². The summed E-state index contributed by atoms with van der Waals surface area (Å²) in [7, 11) is 1.94. The Kier molecular flexibility index (Phi) is 5.97. The van der Waals surface area contributed by atoms with E-state index in [1.54, 1.807) is 36.4 Å². The second-order valence-electron chi connectivity index (χ2n) is 6.36. The second-order valence-corrected chi connectivity index (χ2v) is 7.17. The van der Waals surface area contributed by atoms with E-state index in [2.05, 4.69) is 5.32 Å². The van der Waals surface area contributed by atoms with Gasteiger partial charge in [-0.2, -0.15) is 0 Å². The number of hydrogen-bond acceptors (Lipinski definition) is 3. The molecule has 0 radical (unpaired) electrons. The van der Waals surface area contributed by atoms with Gasteiger partial charge in [0.15, 0.2) is 5.78 Å². The van der Waals surface area contributed by atoms with Crippen LogP contribution in [0.25, 0.3) is 0 Å². The summed E-state index contributed by atoms with van der Waals surface area (Å²) in [4.78, 5) is 27.7. The van der Waals surface area contributed by atoms with E-state index in [-0.39, 0.29) is 11.7 Å². The van der Waals surface area contributed by atoms with Gasteiger partial charge in [-0.3, -0.25) is 9.59 Å². The molecule has 4 nitrogen and oxygen atoms in total. The fourth-order valence-electron chi connectivity index (χ4n) is 3.20. The van der Waals surface area contributed by atoms with E-state index >= 15 is 0 Å². The van der Waals surface area contributed by atoms with E-state index in [0.29, 0.717) is 45.9 Å². The number of hydrogen-bond donors (Lipinski definition) is 1. The number of likely N-dealkylation sites (tertiary alicyclic amines) is 1. The molecule has 0 aromatic heterocycles. The Hall–Kier alpha value is -1.88. The van der Waals surface area contributed by atoms with Gasteiger partial charge in [0, 0.05) is 30.3 Å². The molecule has 1 saturated heterocycles.